The number of halogens is 2. The van der Waals surface area contributed by atoms with Crippen molar-refractivity contribution in [3.8, 4) is 0 Å². The molecule has 0 aromatic carbocycles. The van der Waals surface area contributed by atoms with E-state index in [9.17, 15) is 0 Å². The Kier molecular flexibility index (Phi) is 3.63. The Labute approximate surface area is 73.8 Å². The van der Waals surface area contributed by atoms with Crippen molar-refractivity contribution in [2.75, 3.05) is 13.1 Å². The first kappa shape index (κ1) is 9.45. The quantitative estimate of drug-likeness (QED) is 0.655. The van der Waals surface area contributed by atoms with Gasteiger partial charge in [0.2, 0.25) is 0 Å². The predicted octanol–water partition coefficient (Wildman–Crippen LogP) is 3.58. The highest BCUT2D eigenvalue weighted by atomic mass is 35.7. The van der Waals surface area contributed by atoms with E-state index in [-0.39, 0.29) is 0 Å². The standard InChI is InChI=1S/C4H10Cl2N2P2/c1-3-7-9(5)8(4-2)10(7)6/h3-4H2,1-2H3. The lowest BCUT2D eigenvalue weighted by Gasteiger charge is -2.48. The van der Waals surface area contributed by atoms with Gasteiger partial charge in [0.05, 0.1) is 0 Å². The Bertz CT molecular complexity index is 104. The highest BCUT2D eigenvalue weighted by Gasteiger charge is 2.43. The molecular formula is C4H10Cl2N2P2. The zero-order valence-corrected chi connectivity index (χ0v) is 9.26. The predicted molar refractivity (Wildman–Crippen MR) is 50.3 cm³/mol. The van der Waals surface area contributed by atoms with Crippen molar-refractivity contribution in [1.82, 2.24) is 8.88 Å². The van der Waals surface area contributed by atoms with E-state index < -0.39 is 15.2 Å². The van der Waals surface area contributed by atoms with Gasteiger partial charge in [-0.15, -0.1) is 0 Å². The van der Waals surface area contributed by atoms with E-state index in [4.69, 9.17) is 22.5 Å². The molecule has 0 aliphatic carbocycles. The molecule has 2 nitrogen and oxygen atoms in total. The molecule has 0 spiro atoms. The molecule has 1 saturated heterocycles. The average molecular weight is 219 g/mol. The molecular weight excluding hydrogens is 209 g/mol. The first-order valence-electron chi connectivity index (χ1n) is 3.18. The summed E-state index contributed by atoms with van der Waals surface area (Å²) in [7, 11) is -1.10. The molecule has 1 rings (SSSR count). The van der Waals surface area contributed by atoms with Crippen LogP contribution in [0, 0.1) is 0 Å². The van der Waals surface area contributed by atoms with Crippen molar-refractivity contribution < 1.29 is 0 Å². The minimum atomic E-state index is -0.548. The lowest BCUT2D eigenvalue weighted by atomic mass is 10.8. The van der Waals surface area contributed by atoms with Crippen LogP contribution in [0.5, 0.6) is 0 Å². The van der Waals surface area contributed by atoms with E-state index in [0.717, 1.165) is 13.1 Å². The molecule has 1 fully saturated rings. The maximum absolute atomic E-state index is 6.02. The molecule has 0 saturated carbocycles. The smallest absolute Gasteiger partial charge is 0.151 e. The highest BCUT2D eigenvalue weighted by molar-refractivity contribution is 8.05. The van der Waals surface area contributed by atoms with Crippen molar-refractivity contribution in [3.05, 3.63) is 0 Å². The van der Waals surface area contributed by atoms with E-state index in [0.29, 0.717) is 0 Å². The minimum absolute atomic E-state index is 0.548. The summed E-state index contributed by atoms with van der Waals surface area (Å²) in [4.78, 5) is 0. The maximum atomic E-state index is 6.02. The molecule has 60 valence electrons. The lowest BCUT2D eigenvalue weighted by molar-refractivity contribution is 0.583. The van der Waals surface area contributed by atoms with Gasteiger partial charge < -0.3 is 0 Å². The molecule has 6 heteroatoms. The van der Waals surface area contributed by atoms with Crippen LogP contribution in [-0.4, -0.2) is 22.0 Å². The van der Waals surface area contributed by atoms with Crippen molar-refractivity contribution in [2.24, 2.45) is 0 Å². The summed E-state index contributed by atoms with van der Waals surface area (Å²) in [6.45, 7) is 6.12. The second-order valence-corrected chi connectivity index (χ2v) is 7.20. The maximum Gasteiger partial charge on any atom is 0.151 e. The van der Waals surface area contributed by atoms with Crippen LogP contribution in [0.25, 0.3) is 0 Å². The largest absolute Gasteiger partial charge is 0.209 e. The normalized spacial score (nSPS) is 36.0. The Morgan fingerprint density at radius 3 is 1.50 bits per heavy atom. The lowest BCUT2D eigenvalue weighted by Crippen LogP contribution is -2.31. The first-order valence-corrected chi connectivity index (χ1v) is 7.49. The van der Waals surface area contributed by atoms with Gasteiger partial charge in [0, 0.05) is 13.1 Å². The van der Waals surface area contributed by atoms with Gasteiger partial charge in [-0.2, -0.15) is 0 Å². The van der Waals surface area contributed by atoms with Crippen LogP contribution < -0.4 is 0 Å². The summed E-state index contributed by atoms with van der Waals surface area (Å²) in [5, 5.41) is 0. The van der Waals surface area contributed by atoms with E-state index in [2.05, 4.69) is 22.7 Å². The van der Waals surface area contributed by atoms with Crippen LogP contribution in [0.15, 0.2) is 0 Å². The van der Waals surface area contributed by atoms with Crippen LogP contribution in [0.4, 0.5) is 0 Å². The van der Waals surface area contributed by atoms with Crippen molar-refractivity contribution in [2.45, 2.75) is 13.8 Å². The molecule has 0 atom stereocenters. The third kappa shape index (κ3) is 1.43. The molecule has 10 heavy (non-hydrogen) atoms. The monoisotopic (exact) mass is 218 g/mol. The van der Waals surface area contributed by atoms with Crippen LogP contribution in [0.1, 0.15) is 13.8 Å². The Balaban J connectivity index is 2.42. The number of hydrogen-bond acceptors (Lipinski definition) is 2. The van der Waals surface area contributed by atoms with Crippen LogP contribution in [0.2, 0.25) is 0 Å². The molecule has 0 unspecified atom stereocenters. The molecule has 0 bridgehead atoms. The van der Waals surface area contributed by atoms with Crippen molar-refractivity contribution in [1.29, 1.82) is 0 Å². The summed E-state index contributed by atoms with van der Waals surface area (Å²) < 4.78 is 4.30. The summed E-state index contributed by atoms with van der Waals surface area (Å²) in [6.07, 6.45) is 0. The van der Waals surface area contributed by atoms with Crippen LogP contribution in [-0.2, 0) is 0 Å². The average Bonchev–Trinajstić information content (AvgIpc) is 1.90. The molecule has 0 amide bonds. The number of rotatable bonds is 2. The molecule has 0 radical (unpaired) electrons. The molecule has 0 aromatic heterocycles. The molecule has 1 heterocycles. The fourth-order valence-electron chi connectivity index (χ4n) is 0.795. The van der Waals surface area contributed by atoms with Gasteiger partial charge in [-0.3, -0.25) is 0 Å². The first-order chi connectivity index (χ1) is 4.72. The Morgan fingerprint density at radius 1 is 1.00 bits per heavy atom. The molecule has 0 aromatic rings. The minimum Gasteiger partial charge on any atom is -0.209 e. The second kappa shape index (κ2) is 3.85. The van der Waals surface area contributed by atoms with Gasteiger partial charge in [0.25, 0.3) is 0 Å². The van der Waals surface area contributed by atoms with Crippen molar-refractivity contribution >= 4 is 37.6 Å². The number of hydrogen-bond donors (Lipinski definition) is 0. The van der Waals surface area contributed by atoms with Gasteiger partial charge in [-0.1, -0.05) is 36.3 Å². The molecule has 1 aliphatic heterocycles. The van der Waals surface area contributed by atoms with Gasteiger partial charge >= 0.3 is 0 Å². The fraction of sp³-hybridized carbons (Fsp3) is 1.00. The topological polar surface area (TPSA) is 6.48 Å². The highest BCUT2D eigenvalue weighted by Crippen LogP contribution is 2.80. The van der Waals surface area contributed by atoms with Gasteiger partial charge in [0.15, 0.2) is 15.2 Å². The zero-order valence-electron chi connectivity index (χ0n) is 5.96. The van der Waals surface area contributed by atoms with E-state index in [1.54, 1.807) is 0 Å². The second-order valence-electron chi connectivity index (χ2n) is 1.86. The SMILES string of the molecule is CCN1P(Cl)N(CC)P1Cl. The summed E-state index contributed by atoms with van der Waals surface area (Å²) in [5.41, 5.74) is 0. The van der Waals surface area contributed by atoms with E-state index >= 15 is 0 Å². The molecule has 0 N–H and O–H groups in total. The zero-order chi connectivity index (χ0) is 7.72. The van der Waals surface area contributed by atoms with Gasteiger partial charge in [0.1, 0.15) is 0 Å². The van der Waals surface area contributed by atoms with Gasteiger partial charge in [-0.25, -0.2) is 8.88 Å². The Morgan fingerprint density at radius 2 is 1.30 bits per heavy atom. The Hall–Kier alpha value is 1.36. The fourth-order valence-corrected chi connectivity index (χ4v) is 8.03. The summed E-state index contributed by atoms with van der Waals surface area (Å²) >= 11 is 12.0. The van der Waals surface area contributed by atoms with E-state index in [1.807, 2.05) is 0 Å². The summed E-state index contributed by atoms with van der Waals surface area (Å²) in [5.74, 6) is 0. The van der Waals surface area contributed by atoms with E-state index in [1.165, 1.54) is 0 Å². The summed E-state index contributed by atoms with van der Waals surface area (Å²) in [6, 6.07) is 0. The third-order valence-corrected chi connectivity index (χ3v) is 9.47. The van der Waals surface area contributed by atoms with Crippen LogP contribution in [0.3, 0.4) is 0 Å². The van der Waals surface area contributed by atoms with Crippen molar-refractivity contribution in [3.63, 3.8) is 0 Å². The number of nitrogens with zero attached hydrogens (tertiary/aromatic N) is 2. The third-order valence-electron chi connectivity index (χ3n) is 1.33. The van der Waals surface area contributed by atoms with Gasteiger partial charge in [-0.05, 0) is 0 Å². The molecule has 1 aliphatic rings. The van der Waals surface area contributed by atoms with Crippen LogP contribution >= 0.6 is 37.6 Å².